The Labute approximate surface area is 98.0 Å². The van der Waals surface area contributed by atoms with Crippen LogP contribution in [0.1, 0.15) is 5.56 Å². The summed E-state index contributed by atoms with van der Waals surface area (Å²) in [5.41, 5.74) is -1.60. The Hall–Kier alpha value is -0.930. The summed E-state index contributed by atoms with van der Waals surface area (Å²) in [4.78, 5) is 0. The number of hydrogen-bond donors (Lipinski definition) is 0. The third-order valence-corrected chi connectivity index (χ3v) is 2.71. The number of thiophene rings is 1. The minimum absolute atomic E-state index is 0.352. The predicted octanol–water partition coefficient (Wildman–Crippen LogP) is 4.67. The molecule has 0 bridgehead atoms. The zero-order valence-electron chi connectivity index (χ0n) is 8.04. The van der Waals surface area contributed by atoms with E-state index in [1.54, 1.807) is 0 Å². The normalized spacial score (nSPS) is 14.9. The molecule has 1 rings (SSSR count). The second-order valence-electron chi connectivity index (χ2n) is 3.23. The van der Waals surface area contributed by atoms with E-state index in [1.165, 1.54) is 0 Å². The lowest BCUT2D eigenvalue weighted by Crippen LogP contribution is -2.59. The first-order chi connectivity index (χ1) is 7.86. The fourth-order valence-corrected chi connectivity index (χ4v) is 1.68. The molecule has 18 heavy (non-hydrogen) atoms. The first-order valence-electron chi connectivity index (χ1n) is 4.08. The van der Waals surface area contributed by atoms with Gasteiger partial charge in [-0.3, -0.25) is 0 Å². The van der Waals surface area contributed by atoms with Crippen molar-refractivity contribution in [3.63, 3.8) is 0 Å². The van der Waals surface area contributed by atoms with Gasteiger partial charge in [0.05, 0.1) is 0 Å². The number of halogens is 9. The fraction of sp³-hybridized carbons (Fsp3) is 0.500. The summed E-state index contributed by atoms with van der Waals surface area (Å²) in [5.74, 6) is -19.1. The van der Waals surface area contributed by atoms with Gasteiger partial charge in [0, 0.05) is 10.9 Å². The Kier molecular flexibility index (Phi) is 3.39. The first-order valence-corrected chi connectivity index (χ1v) is 5.03. The van der Waals surface area contributed by atoms with E-state index in [0.29, 0.717) is 22.8 Å². The van der Waals surface area contributed by atoms with Crippen molar-refractivity contribution < 1.29 is 39.5 Å². The molecule has 0 aliphatic heterocycles. The van der Waals surface area contributed by atoms with Crippen molar-refractivity contribution in [2.45, 2.75) is 23.9 Å². The Morgan fingerprint density at radius 2 is 1.28 bits per heavy atom. The van der Waals surface area contributed by atoms with Crippen molar-refractivity contribution in [2.24, 2.45) is 0 Å². The zero-order chi connectivity index (χ0) is 14.4. The molecule has 1 aromatic heterocycles. The molecule has 0 saturated carbocycles. The highest BCUT2D eigenvalue weighted by atomic mass is 32.1. The monoisotopic (exact) mass is 302 g/mol. The van der Waals surface area contributed by atoms with E-state index in [9.17, 15) is 39.5 Å². The van der Waals surface area contributed by atoms with Crippen LogP contribution >= 0.6 is 11.3 Å². The van der Waals surface area contributed by atoms with Gasteiger partial charge in [0.2, 0.25) is 0 Å². The lowest BCUT2D eigenvalue weighted by Gasteiger charge is -2.33. The molecule has 0 nitrogen and oxygen atoms in total. The van der Waals surface area contributed by atoms with Gasteiger partial charge in [-0.15, -0.1) is 0 Å². The molecule has 0 amide bonds. The molecular weight excluding hydrogens is 299 g/mol. The molecule has 0 N–H and O–H groups in total. The molecule has 1 heterocycles. The van der Waals surface area contributed by atoms with Crippen LogP contribution in [0.5, 0.6) is 0 Å². The maximum absolute atomic E-state index is 13.1. The third-order valence-electron chi connectivity index (χ3n) is 2.03. The van der Waals surface area contributed by atoms with E-state index in [2.05, 4.69) is 0 Å². The van der Waals surface area contributed by atoms with E-state index >= 15 is 0 Å². The summed E-state index contributed by atoms with van der Waals surface area (Å²) in [6.45, 7) is 0. The highest BCUT2D eigenvalue weighted by Crippen LogP contribution is 2.56. The summed E-state index contributed by atoms with van der Waals surface area (Å²) >= 11 is 0.461. The molecule has 0 unspecified atom stereocenters. The summed E-state index contributed by atoms with van der Waals surface area (Å²) in [6.07, 6.45) is -6.78. The molecule has 0 atom stereocenters. The second kappa shape index (κ2) is 4.04. The first kappa shape index (κ1) is 15.1. The van der Waals surface area contributed by atoms with E-state index in [-0.39, 0.29) is 0 Å². The van der Waals surface area contributed by atoms with Crippen LogP contribution in [0.15, 0.2) is 16.8 Å². The van der Waals surface area contributed by atoms with Crippen LogP contribution in [-0.2, 0) is 5.92 Å². The smallest absolute Gasteiger partial charge is 0.194 e. The van der Waals surface area contributed by atoms with Crippen molar-refractivity contribution >= 4 is 11.3 Å². The lowest BCUT2D eigenvalue weighted by atomic mass is 9.99. The largest absolute Gasteiger partial charge is 0.460 e. The Morgan fingerprint density at radius 1 is 0.778 bits per heavy atom. The molecule has 1 aromatic rings. The van der Waals surface area contributed by atoms with E-state index in [1.807, 2.05) is 0 Å². The average Bonchev–Trinajstić information content (AvgIpc) is 2.68. The number of hydrogen-bond acceptors (Lipinski definition) is 1. The average molecular weight is 302 g/mol. The van der Waals surface area contributed by atoms with Crippen LogP contribution in [0.3, 0.4) is 0 Å². The molecule has 0 spiro atoms. The molecule has 0 aromatic carbocycles. The highest BCUT2D eigenvalue weighted by Gasteiger charge is 2.82. The van der Waals surface area contributed by atoms with E-state index < -0.39 is 29.5 Å². The molecule has 0 radical (unpaired) electrons. The molecule has 0 aliphatic carbocycles. The van der Waals surface area contributed by atoms with Crippen molar-refractivity contribution in [2.75, 3.05) is 0 Å². The molecular formula is C8H3F9S. The van der Waals surface area contributed by atoms with Gasteiger partial charge >= 0.3 is 23.9 Å². The maximum Gasteiger partial charge on any atom is 0.460 e. The van der Waals surface area contributed by atoms with Crippen LogP contribution in [0, 0.1) is 0 Å². The van der Waals surface area contributed by atoms with Gasteiger partial charge in [0.25, 0.3) is 0 Å². The standard InChI is InChI=1S/C8H3F9S/c9-5(10,4-1-2-18-3-4)6(11,12)7(13,14)8(15,16)17/h1-3H. The van der Waals surface area contributed by atoms with E-state index in [4.69, 9.17) is 0 Å². The van der Waals surface area contributed by atoms with Gasteiger partial charge in [-0.1, -0.05) is 0 Å². The highest BCUT2D eigenvalue weighted by molar-refractivity contribution is 7.08. The van der Waals surface area contributed by atoms with Gasteiger partial charge in [-0.05, 0) is 11.4 Å². The summed E-state index contributed by atoms with van der Waals surface area (Å²) in [5, 5.41) is 1.23. The number of rotatable bonds is 3. The molecule has 10 heteroatoms. The molecule has 104 valence electrons. The van der Waals surface area contributed by atoms with Gasteiger partial charge in [0.15, 0.2) is 0 Å². The fourth-order valence-electron chi connectivity index (χ4n) is 1.000. The summed E-state index contributed by atoms with van der Waals surface area (Å²) in [7, 11) is 0. The lowest BCUT2D eigenvalue weighted by molar-refractivity contribution is -0.399. The van der Waals surface area contributed by atoms with E-state index in [0.717, 1.165) is 5.38 Å². The van der Waals surface area contributed by atoms with Gasteiger partial charge in [-0.2, -0.15) is 50.9 Å². The van der Waals surface area contributed by atoms with Gasteiger partial charge in [-0.25, -0.2) is 0 Å². The minimum atomic E-state index is -6.84. The molecule has 0 aliphatic rings. The van der Waals surface area contributed by atoms with Crippen molar-refractivity contribution in [3.05, 3.63) is 22.4 Å². The predicted molar refractivity (Wildman–Crippen MR) is 44.2 cm³/mol. The topological polar surface area (TPSA) is 0 Å². The van der Waals surface area contributed by atoms with Crippen molar-refractivity contribution in [1.29, 1.82) is 0 Å². The second-order valence-corrected chi connectivity index (χ2v) is 4.01. The molecule has 0 saturated heterocycles. The van der Waals surface area contributed by atoms with Gasteiger partial charge in [0.1, 0.15) is 0 Å². The van der Waals surface area contributed by atoms with Crippen LogP contribution < -0.4 is 0 Å². The van der Waals surface area contributed by atoms with Crippen molar-refractivity contribution in [1.82, 2.24) is 0 Å². The Balaban J connectivity index is 3.30. The minimum Gasteiger partial charge on any atom is -0.194 e. The Bertz CT molecular complexity index is 403. The quantitative estimate of drug-likeness (QED) is 0.712. The van der Waals surface area contributed by atoms with Crippen molar-refractivity contribution in [3.8, 4) is 0 Å². The number of alkyl halides is 9. The summed E-state index contributed by atoms with van der Waals surface area (Å²) < 4.78 is 112. The van der Waals surface area contributed by atoms with Gasteiger partial charge < -0.3 is 0 Å². The Morgan fingerprint density at radius 3 is 1.61 bits per heavy atom. The van der Waals surface area contributed by atoms with Crippen LogP contribution in [0.4, 0.5) is 39.5 Å². The van der Waals surface area contributed by atoms with Crippen LogP contribution in [0.2, 0.25) is 0 Å². The summed E-state index contributed by atoms with van der Waals surface area (Å²) in [6, 6.07) is 0.352. The van der Waals surface area contributed by atoms with Crippen LogP contribution in [-0.4, -0.2) is 18.0 Å². The SMILES string of the molecule is FC(F)(F)C(F)(F)C(F)(F)C(F)(F)c1ccsc1. The maximum atomic E-state index is 13.1. The zero-order valence-corrected chi connectivity index (χ0v) is 8.86. The third kappa shape index (κ3) is 1.95. The van der Waals surface area contributed by atoms with Crippen LogP contribution in [0.25, 0.3) is 0 Å². The molecule has 0 fully saturated rings.